The van der Waals surface area contributed by atoms with Crippen LogP contribution >= 0.6 is 15.9 Å². The minimum Gasteiger partial charge on any atom is -0.397 e. The van der Waals surface area contributed by atoms with E-state index in [2.05, 4.69) is 26.2 Å². The molecule has 18 heavy (non-hydrogen) atoms. The lowest BCUT2D eigenvalue weighted by Gasteiger charge is -2.08. The maximum Gasteiger partial charge on any atom is 0.258 e. The second-order valence-corrected chi connectivity index (χ2v) is 4.73. The van der Waals surface area contributed by atoms with E-state index in [4.69, 9.17) is 5.73 Å². The largest absolute Gasteiger partial charge is 0.397 e. The van der Waals surface area contributed by atoms with E-state index in [1.54, 1.807) is 30.5 Å². The van der Waals surface area contributed by atoms with Gasteiger partial charge in [-0.05, 0) is 52.7 Å². The number of pyridine rings is 1. The Morgan fingerprint density at radius 3 is 2.89 bits per heavy atom. The molecule has 2 rings (SSSR count). The van der Waals surface area contributed by atoms with Gasteiger partial charge in [-0.3, -0.25) is 4.79 Å². The third-order valence-corrected chi connectivity index (χ3v) is 3.15. The summed E-state index contributed by atoms with van der Waals surface area (Å²) in [6, 6.07) is 8.89. The second-order valence-electron chi connectivity index (χ2n) is 3.87. The van der Waals surface area contributed by atoms with Crippen molar-refractivity contribution in [1.82, 2.24) is 4.98 Å². The van der Waals surface area contributed by atoms with Crippen molar-refractivity contribution in [2.24, 2.45) is 0 Å². The Balaban J connectivity index is 2.25. The number of anilines is 2. The van der Waals surface area contributed by atoms with Gasteiger partial charge in [0.1, 0.15) is 5.82 Å². The average Bonchev–Trinajstić information content (AvgIpc) is 2.32. The highest BCUT2D eigenvalue weighted by Crippen LogP contribution is 2.23. The molecule has 0 fully saturated rings. The Morgan fingerprint density at radius 1 is 1.39 bits per heavy atom. The molecule has 2 aromatic rings. The number of para-hydroxylation sites is 1. The molecule has 4 nitrogen and oxygen atoms in total. The molecular weight excluding hydrogens is 294 g/mol. The van der Waals surface area contributed by atoms with E-state index >= 15 is 0 Å². The molecule has 0 bridgehead atoms. The lowest BCUT2D eigenvalue weighted by molar-refractivity contribution is 0.102. The third kappa shape index (κ3) is 2.68. The number of carbonyl (C=O) groups is 1. The molecule has 0 spiro atoms. The molecular formula is C13H12BrN3O. The smallest absolute Gasteiger partial charge is 0.258 e. The van der Waals surface area contributed by atoms with E-state index in [0.717, 1.165) is 5.56 Å². The van der Waals surface area contributed by atoms with Crippen LogP contribution in [0.15, 0.2) is 41.0 Å². The van der Waals surface area contributed by atoms with Gasteiger partial charge in [0.15, 0.2) is 0 Å². The summed E-state index contributed by atoms with van der Waals surface area (Å²) in [5.74, 6) is 0.242. The van der Waals surface area contributed by atoms with E-state index in [9.17, 15) is 4.79 Å². The number of carbonyl (C=O) groups excluding carboxylic acids is 1. The van der Waals surface area contributed by atoms with Crippen LogP contribution in [0.25, 0.3) is 0 Å². The number of nitrogens with two attached hydrogens (primary N) is 1. The fraction of sp³-hybridized carbons (Fsp3) is 0.0769. The van der Waals surface area contributed by atoms with Crippen LogP contribution in [0.2, 0.25) is 0 Å². The highest BCUT2D eigenvalue weighted by molar-refractivity contribution is 9.10. The summed E-state index contributed by atoms with van der Waals surface area (Å²) >= 11 is 3.29. The molecule has 1 aromatic heterocycles. The van der Waals surface area contributed by atoms with Crippen molar-refractivity contribution >= 4 is 33.3 Å². The number of aryl methyl sites for hydroxylation is 1. The third-order valence-electron chi connectivity index (χ3n) is 2.45. The number of aromatic nitrogens is 1. The van der Waals surface area contributed by atoms with Gasteiger partial charge in [0.25, 0.3) is 5.91 Å². The predicted octanol–water partition coefficient (Wildman–Crippen LogP) is 2.99. The Hall–Kier alpha value is -1.88. The van der Waals surface area contributed by atoms with Crippen LogP contribution in [-0.2, 0) is 0 Å². The van der Waals surface area contributed by atoms with Crippen molar-refractivity contribution in [1.29, 1.82) is 0 Å². The van der Waals surface area contributed by atoms with E-state index < -0.39 is 0 Å². The number of nitrogen functional groups attached to an aromatic ring is 1. The molecule has 1 amide bonds. The molecule has 3 N–H and O–H groups in total. The number of nitrogens with zero attached hydrogens (tertiary/aromatic N) is 1. The minimum absolute atomic E-state index is 0.271. The fourth-order valence-corrected chi connectivity index (χ4v) is 1.89. The molecule has 0 unspecified atom stereocenters. The standard InChI is InChI=1S/C13H12BrN3O/c1-8-5-6-16-11(7-8)17-13(18)9-3-2-4-10(14)12(9)15/h2-7H,15H2,1H3,(H,16,17,18). The molecule has 0 atom stereocenters. The van der Waals surface area contributed by atoms with Gasteiger partial charge in [-0.15, -0.1) is 0 Å². The van der Waals surface area contributed by atoms with Crippen molar-refractivity contribution in [3.8, 4) is 0 Å². The van der Waals surface area contributed by atoms with Gasteiger partial charge < -0.3 is 11.1 Å². The Bertz CT molecular complexity index is 599. The van der Waals surface area contributed by atoms with Crippen LogP contribution in [-0.4, -0.2) is 10.9 Å². The predicted molar refractivity (Wildman–Crippen MR) is 75.5 cm³/mol. The van der Waals surface area contributed by atoms with E-state index in [0.29, 0.717) is 21.5 Å². The molecule has 92 valence electrons. The van der Waals surface area contributed by atoms with Crippen LogP contribution < -0.4 is 11.1 Å². The number of hydrogen-bond acceptors (Lipinski definition) is 3. The SMILES string of the molecule is Cc1ccnc(NC(=O)c2cccc(Br)c2N)c1. The van der Waals surface area contributed by atoms with E-state index in [1.807, 2.05) is 13.0 Å². The number of hydrogen-bond donors (Lipinski definition) is 2. The first-order chi connectivity index (χ1) is 8.58. The minimum atomic E-state index is -0.271. The zero-order valence-corrected chi connectivity index (χ0v) is 11.4. The van der Waals surface area contributed by atoms with Gasteiger partial charge in [-0.25, -0.2) is 4.98 Å². The van der Waals surface area contributed by atoms with Crippen LogP contribution in [0.3, 0.4) is 0 Å². The average molecular weight is 306 g/mol. The van der Waals surface area contributed by atoms with Crippen LogP contribution in [0.5, 0.6) is 0 Å². The summed E-state index contributed by atoms with van der Waals surface area (Å²) in [6.07, 6.45) is 1.65. The molecule has 0 saturated carbocycles. The first-order valence-electron chi connectivity index (χ1n) is 5.36. The van der Waals surface area contributed by atoms with Crippen molar-refractivity contribution in [2.45, 2.75) is 6.92 Å². The van der Waals surface area contributed by atoms with Crippen LogP contribution in [0, 0.1) is 6.92 Å². The number of rotatable bonds is 2. The van der Waals surface area contributed by atoms with Crippen molar-refractivity contribution in [2.75, 3.05) is 11.1 Å². The molecule has 0 aliphatic carbocycles. The van der Waals surface area contributed by atoms with Gasteiger partial charge in [0.2, 0.25) is 0 Å². The summed E-state index contributed by atoms with van der Waals surface area (Å²) in [4.78, 5) is 16.1. The Labute approximate surface area is 113 Å². The van der Waals surface area contributed by atoms with Gasteiger partial charge in [-0.1, -0.05) is 6.07 Å². The highest BCUT2D eigenvalue weighted by atomic mass is 79.9. The zero-order valence-electron chi connectivity index (χ0n) is 9.77. The maximum absolute atomic E-state index is 12.0. The van der Waals surface area contributed by atoms with Crippen LogP contribution in [0.4, 0.5) is 11.5 Å². The molecule has 1 heterocycles. The van der Waals surface area contributed by atoms with E-state index in [-0.39, 0.29) is 5.91 Å². The number of halogens is 1. The number of nitrogens with one attached hydrogen (secondary N) is 1. The molecule has 0 aliphatic rings. The summed E-state index contributed by atoms with van der Waals surface area (Å²) < 4.78 is 0.701. The molecule has 0 radical (unpaired) electrons. The number of benzene rings is 1. The van der Waals surface area contributed by atoms with Gasteiger partial charge in [0, 0.05) is 10.7 Å². The van der Waals surface area contributed by atoms with Gasteiger partial charge in [-0.2, -0.15) is 0 Å². The molecule has 0 saturated heterocycles. The first kappa shape index (κ1) is 12.6. The Morgan fingerprint density at radius 2 is 2.17 bits per heavy atom. The highest BCUT2D eigenvalue weighted by Gasteiger charge is 2.12. The normalized spacial score (nSPS) is 10.1. The monoisotopic (exact) mass is 305 g/mol. The summed E-state index contributed by atoms with van der Waals surface area (Å²) in [7, 11) is 0. The maximum atomic E-state index is 12.0. The second kappa shape index (κ2) is 5.18. The molecule has 0 aliphatic heterocycles. The number of amides is 1. The topological polar surface area (TPSA) is 68.0 Å². The van der Waals surface area contributed by atoms with Crippen LogP contribution in [0.1, 0.15) is 15.9 Å². The van der Waals surface area contributed by atoms with Gasteiger partial charge >= 0.3 is 0 Å². The first-order valence-corrected chi connectivity index (χ1v) is 6.15. The lowest BCUT2D eigenvalue weighted by atomic mass is 10.1. The quantitative estimate of drug-likeness (QED) is 0.838. The molecule has 1 aromatic carbocycles. The van der Waals surface area contributed by atoms with Gasteiger partial charge in [0.05, 0.1) is 11.3 Å². The fourth-order valence-electron chi connectivity index (χ4n) is 1.52. The summed E-state index contributed by atoms with van der Waals surface area (Å²) in [5.41, 5.74) is 7.71. The lowest BCUT2D eigenvalue weighted by Crippen LogP contribution is -2.15. The van der Waals surface area contributed by atoms with Crippen molar-refractivity contribution in [3.05, 3.63) is 52.1 Å². The molecule has 5 heteroatoms. The summed E-state index contributed by atoms with van der Waals surface area (Å²) in [5, 5.41) is 2.72. The van der Waals surface area contributed by atoms with Crippen molar-refractivity contribution in [3.63, 3.8) is 0 Å². The van der Waals surface area contributed by atoms with Crippen molar-refractivity contribution < 1.29 is 4.79 Å². The zero-order chi connectivity index (χ0) is 13.1. The van der Waals surface area contributed by atoms with E-state index in [1.165, 1.54) is 0 Å². The Kier molecular flexibility index (Phi) is 3.62. The summed E-state index contributed by atoms with van der Waals surface area (Å²) in [6.45, 7) is 1.94.